The lowest BCUT2D eigenvalue weighted by Gasteiger charge is -2.21. The van der Waals surface area contributed by atoms with Crippen molar-refractivity contribution in [3.8, 4) is 0 Å². The number of hydrogen-bond donors (Lipinski definition) is 2. The van der Waals surface area contributed by atoms with Crippen molar-refractivity contribution in [2.75, 3.05) is 18.8 Å². The molecule has 0 radical (unpaired) electrons. The van der Waals surface area contributed by atoms with Crippen LogP contribution in [0, 0.1) is 0 Å². The molecule has 0 aromatic carbocycles. The van der Waals surface area contributed by atoms with Crippen LogP contribution in [0.1, 0.15) is 18.9 Å². The van der Waals surface area contributed by atoms with Gasteiger partial charge < -0.3 is 11.1 Å². The van der Waals surface area contributed by atoms with Gasteiger partial charge in [-0.3, -0.25) is 0 Å². The summed E-state index contributed by atoms with van der Waals surface area (Å²) in [6, 6.07) is 0.385. The Hall–Kier alpha value is -1.10. The topological polar surface area (TPSA) is 68.8 Å². The summed E-state index contributed by atoms with van der Waals surface area (Å²) in [5, 5.41) is 11.5. The number of anilines is 1. The molecule has 5 nitrogen and oxygen atoms in total. The minimum absolute atomic E-state index is 0.385. The number of rotatable bonds is 1. The highest BCUT2D eigenvalue weighted by atomic mass is 15.5. The molecule has 2 heterocycles. The maximum atomic E-state index is 5.47. The van der Waals surface area contributed by atoms with E-state index in [1.54, 1.807) is 11.0 Å². The molecule has 1 unspecified atom stereocenters. The predicted molar refractivity (Wildman–Crippen MR) is 45.6 cm³/mol. The van der Waals surface area contributed by atoms with Crippen molar-refractivity contribution in [3.63, 3.8) is 0 Å². The van der Waals surface area contributed by atoms with Crippen molar-refractivity contribution in [1.29, 1.82) is 0 Å². The van der Waals surface area contributed by atoms with Crippen LogP contribution in [0.25, 0.3) is 0 Å². The number of nitrogens with one attached hydrogen (secondary N) is 1. The summed E-state index contributed by atoms with van der Waals surface area (Å²) in [5.74, 6) is 0.501. The van der Waals surface area contributed by atoms with E-state index < -0.39 is 0 Å². The Labute approximate surface area is 70.9 Å². The third-order valence-electron chi connectivity index (χ3n) is 2.12. The zero-order valence-corrected chi connectivity index (χ0v) is 6.90. The van der Waals surface area contributed by atoms with Crippen LogP contribution < -0.4 is 11.1 Å². The van der Waals surface area contributed by atoms with E-state index >= 15 is 0 Å². The molecule has 1 aliphatic heterocycles. The summed E-state index contributed by atoms with van der Waals surface area (Å²) in [4.78, 5) is 1.71. The van der Waals surface area contributed by atoms with Gasteiger partial charge in [0, 0.05) is 6.54 Å². The van der Waals surface area contributed by atoms with E-state index in [2.05, 4.69) is 15.5 Å². The zero-order chi connectivity index (χ0) is 8.39. The molecule has 12 heavy (non-hydrogen) atoms. The molecule has 0 spiro atoms. The van der Waals surface area contributed by atoms with Crippen molar-refractivity contribution in [3.05, 3.63) is 6.20 Å². The van der Waals surface area contributed by atoms with Gasteiger partial charge in [-0.25, -0.2) is 0 Å². The van der Waals surface area contributed by atoms with E-state index in [0.29, 0.717) is 11.9 Å². The summed E-state index contributed by atoms with van der Waals surface area (Å²) in [6.45, 7) is 2.06. The van der Waals surface area contributed by atoms with Crippen LogP contribution in [0.15, 0.2) is 6.20 Å². The highest BCUT2D eigenvalue weighted by Gasteiger charge is 2.15. The third kappa shape index (κ3) is 1.40. The molecule has 1 saturated heterocycles. The van der Waals surface area contributed by atoms with Crippen LogP contribution >= 0.6 is 0 Å². The molecule has 66 valence electrons. The van der Waals surface area contributed by atoms with Crippen molar-refractivity contribution in [2.45, 2.75) is 18.9 Å². The van der Waals surface area contributed by atoms with E-state index in [9.17, 15) is 0 Å². The Balaban J connectivity index is 2.08. The molecule has 0 amide bonds. The molecular formula is C7H13N5. The zero-order valence-electron chi connectivity index (χ0n) is 6.90. The van der Waals surface area contributed by atoms with Crippen molar-refractivity contribution in [1.82, 2.24) is 20.3 Å². The number of aromatic nitrogens is 3. The maximum Gasteiger partial charge on any atom is 0.165 e. The van der Waals surface area contributed by atoms with Crippen LogP contribution in [-0.2, 0) is 0 Å². The van der Waals surface area contributed by atoms with Gasteiger partial charge in [0.2, 0.25) is 0 Å². The van der Waals surface area contributed by atoms with Crippen LogP contribution in [0.3, 0.4) is 0 Å². The van der Waals surface area contributed by atoms with Gasteiger partial charge in [0.05, 0.1) is 12.2 Å². The van der Waals surface area contributed by atoms with Gasteiger partial charge in [-0.2, -0.15) is 9.90 Å². The van der Waals surface area contributed by atoms with E-state index in [-0.39, 0.29) is 0 Å². The summed E-state index contributed by atoms with van der Waals surface area (Å²) >= 11 is 0. The van der Waals surface area contributed by atoms with E-state index in [1.807, 2.05) is 0 Å². The fourth-order valence-corrected chi connectivity index (χ4v) is 1.49. The Bertz CT molecular complexity index is 250. The molecule has 0 saturated carbocycles. The first-order valence-electron chi connectivity index (χ1n) is 4.24. The lowest BCUT2D eigenvalue weighted by atomic mass is 10.1. The summed E-state index contributed by atoms with van der Waals surface area (Å²) in [7, 11) is 0. The largest absolute Gasteiger partial charge is 0.381 e. The third-order valence-corrected chi connectivity index (χ3v) is 2.12. The van der Waals surface area contributed by atoms with Gasteiger partial charge in [0.1, 0.15) is 0 Å². The number of piperidine rings is 1. The van der Waals surface area contributed by atoms with Crippen LogP contribution in [0.5, 0.6) is 0 Å². The smallest absolute Gasteiger partial charge is 0.165 e. The maximum absolute atomic E-state index is 5.47. The van der Waals surface area contributed by atoms with Crippen LogP contribution in [0.2, 0.25) is 0 Å². The molecule has 1 aromatic rings. The van der Waals surface area contributed by atoms with Gasteiger partial charge in [0.25, 0.3) is 0 Å². The Kier molecular flexibility index (Phi) is 1.95. The second-order valence-corrected chi connectivity index (χ2v) is 3.09. The molecule has 5 heteroatoms. The quantitative estimate of drug-likeness (QED) is 0.607. The molecule has 1 fully saturated rings. The number of nitrogen functional groups attached to an aromatic ring is 1. The molecule has 2 rings (SSSR count). The SMILES string of the molecule is Nc1cnn(C2CCCNC2)n1. The van der Waals surface area contributed by atoms with Gasteiger partial charge in [-0.05, 0) is 19.4 Å². The van der Waals surface area contributed by atoms with Gasteiger partial charge in [-0.15, -0.1) is 5.10 Å². The number of hydrogen-bond acceptors (Lipinski definition) is 4. The van der Waals surface area contributed by atoms with E-state index in [1.165, 1.54) is 6.42 Å². The fraction of sp³-hybridized carbons (Fsp3) is 0.714. The first-order chi connectivity index (χ1) is 5.86. The molecule has 0 bridgehead atoms. The van der Waals surface area contributed by atoms with Crippen molar-refractivity contribution in [2.24, 2.45) is 0 Å². The first-order valence-corrected chi connectivity index (χ1v) is 4.24. The normalized spacial score (nSPS) is 24.2. The average Bonchev–Trinajstić information content (AvgIpc) is 2.54. The minimum atomic E-state index is 0.385. The van der Waals surface area contributed by atoms with E-state index in [4.69, 9.17) is 5.73 Å². The molecule has 3 N–H and O–H groups in total. The number of nitrogens with zero attached hydrogens (tertiary/aromatic N) is 3. The van der Waals surface area contributed by atoms with Crippen LogP contribution in [0.4, 0.5) is 5.82 Å². The predicted octanol–water partition coefficient (Wildman–Crippen LogP) is -0.215. The molecule has 1 aromatic heterocycles. The monoisotopic (exact) mass is 167 g/mol. The van der Waals surface area contributed by atoms with Gasteiger partial charge >= 0.3 is 0 Å². The Morgan fingerprint density at radius 1 is 1.67 bits per heavy atom. The second-order valence-electron chi connectivity index (χ2n) is 3.09. The van der Waals surface area contributed by atoms with Crippen LogP contribution in [-0.4, -0.2) is 28.1 Å². The molecule has 1 aliphatic rings. The van der Waals surface area contributed by atoms with Gasteiger partial charge in [-0.1, -0.05) is 0 Å². The fourth-order valence-electron chi connectivity index (χ4n) is 1.49. The van der Waals surface area contributed by atoms with Crippen molar-refractivity contribution >= 4 is 5.82 Å². The van der Waals surface area contributed by atoms with Crippen molar-refractivity contribution < 1.29 is 0 Å². The lowest BCUT2D eigenvalue weighted by molar-refractivity contribution is 0.318. The number of nitrogens with two attached hydrogens (primary N) is 1. The lowest BCUT2D eigenvalue weighted by Crippen LogP contribution is -2.32. The standard InChI is InChI=1S/C7H13N5/c8-7-5-10-12(11-7)6-2-1-3-9-4-6/h5-6,9H,1-4H2,(H2,8,11). The highest BCUT2D eigenvalue weighted by Crippen LogP contribution is 2.14. The average molecular weight is 167 g/mol. The highest BCUT2D eigenvalue weighted by molar-refractivity contribution is 5.19. The minimum Gasteiger partial charge on any atom is -0.381 e. The van der Waals surface area contributed by atoms with E-state index in [0.717, 1.165) is 19.5 Å². The Morgan fingerprint density at radius 3 is 3.17 bits per heavy atom. The van der Waals surface area contributed by atoms with Gasteiger partial charge in [0.15, 0.2) is 5.82 Å². The molecule has 1 atom stereocenters. The first kappa shape index (κ1) is 7.54. The molecule has 0 aliphatic carbocycles. The molecular weight excluding hydrogens is 154 g/mol. The second kappa shape index (κ2) is 3.10. The summed E-state index contributed by atoms with van der Waals surface area (Å²) < 4.78 is 0. The summed E-state index contributed by atoms with van der Waals surface area (Å²) in [6.07, 6.45) is 3.92. The summed E-state index contributed by atoms with van der Waals surface area (Å²) in [5.41, 5.74) is 5.47. The Morgan fingerprint density at radius 2 is 2.58 bits per heavy atom.